The summed E-state index contributed by atoms with van der Waals surface area (Å²) in [6.07, 6.45) is 0. The number of halogens is 5. The zero-order chi connectivity index (χ0) is 23.7. The van der Waals surface area contributed by atoms with Gasteiger partial charge < -0.3 is 14.8 Å². The predicted octanol–water partition coefficient (Wildman–Crippen LogP) is 4.51. The van der Waals surface area contributed by atoms with Crippen LogP contribution in [0.5, 0.6) is 11.5 Å². The van der Waals surface area contributed by atoms with Crippen LogP contribution in [0.15, 0.2) is 18.2 Å². The normalized spacial score (nSPS) is 10.9. The molecule has 6 nitrogen and oxygen atoms in total. The minimum Gasteiger partial charge on any atom is -0.497 e. The Kier molecular flexibility index (Phi) is 6.37. The lowest BCUT2D eigenvalue weighted by molar-refractivity contribution is 0.102. The Morgan fingerprint density at radius 2 is 1.41 bits per heavy atom. The number of hydrogen-bond acceptors (Lipinski definition) is 4. The van der Waals surface area contributed by atoms with E-state index in [1.54, 1.807) is 6.07 Å². The highest BCUT2D eigenvalue weighted by Crippen LogP contribution is 2.27. The van der Waals surface area contributed by atoms with Crippen molar-refractivity contribution >= 4 is 11.6 Å². The number of amides is 1. The molecule has 170 valence electrons. The molecular weight excluding hydrogens is 437 g/mol. The zero-order valence-corrected chi connectivity index (χ0v) is 17.4. The van der Waals surface area contributed by atoms with Crippen molar-refractivity contribution in [1.29, 1.82) is 0 Å². The smallest absolute Gasteiger partial charge is 0.256 e. The predicted molar refractivity (Wildman–Crippen MR) is 105 cm³/mol. The van der Waals surface area contributed by atoms with Crippen LogP contribution in [0.3, 0.4) is 0 Å². The van der Waals surface area contributed by atoms with Crippen LogP contribution >= 0.6 is 0 Å². The standard InChI is InChI=1S/C21H18F5N3O3/c1-9-20(27-21(30)11-5-12(31-3)7-13(6-11)32-4)10(2)29(28-9)8-14-15(22)17(24)19(26)18(25)16(14)23/h5-7H,8H2,1-4H3,(H,27,30). The first kappa shape index (κ1) is 23.0. The van der Waals surface area contributed by atoms with Crippen molar-refractivity contribution in [1.82, 2.24) is 9.78 Å². The summed E-state index contributed by atoms with van der Waals surface area (Å²) in [5, 5.41) is 6.70. The largest absolute Gasteiger partial charge is 0.497 e. The molecule has 0 atom stereocenters. The minimum absolute atomic E-state index is 0.201. The fraction of sp³-hybridized carbons (Fsp3) is 0.238. The Hall–Kier alpha value is -3.63. The molecule has 0 radical (unpaired) electrons. The molecule has 0 aliphatic carbocycles. The lowest BCUT2D eigenvalue weighted by Crippen LogP contribution is -2.15. The second-order valence-electron chi connectivity index (χ2n) is 6.81. The summed E-state index contributed by atoms with van der Waals surface area (Å²) in [6, 6.07) is 4.53. The summed E-state index contributed by atoms with van der Waals surface area (Å²) in [7, 11) is 2.85. The summed E-state index contributed by atoms with van der Waals surface area (Å²) < 4.78 is 79.7. The highest BCUT2D eigenvalue weighted by molar-refractivity contribution is 6.05. The van der Waals surface area contributed by atoms with Gasteiger partial charge in [0.05, 0.1) is 43.4 Å². The number of rotatable bonds is 6. The number of anilines is 1. The molecule has 2 aromatic carbocycles. The van der Waals surface area contributed by atoms with Crippen LogP contribution in [0.25, 0.3) is 0 Å². The SMILES string of the molecule is COc1cc(OC)cc(C(=O)Nc2c(C)nn(Cc3c(F)c(F)c(F)c(F)c3F)c2C)c1. The Labute approximate surface area is 179 Å². The molecule has 3 rings (SSSR count). The fourth-order valence-electron chi connectivity index (χ4n) is 3.09. The van der Waals surface area contributed by atoms with Gasteiger partial charge in [-0.25, -0.2) is 22.0 Å². The first-order chi connectivity index (χ1) is 15.1. The van der Waals surface area contributed by atoms with Crippen LogP contribution in [0, 0.1) is 42.9 Å². The van der Waals surface area contributed by atoms with Crippen LogP contribution in [0.4, 0.5) is 27.6 Å². The number of hydrogen-bond donors (Lipinski definition) is 1. The van der Waals surface area contributed by atoms with Gasteiger partial charge in [0.15, 0.2) is 23.3 Å². The van der Waals surface area contributed by atoms with Gasteiger partial charge in [0, 0.05) is 11.6 Å². The van der Waals surface area contributed by atoms with Crippen molar-refractivity contribution in [3.63, 3.8) is 0 Å². The molecule has 1 heterocycles. The van der Waals surface area contributed by atoms with Crippen molar-refractivity contribution in [3.8, 4) is 11.5 Å². The Bertz CT molecular complexity index is 1160. The first-order valence-corrected chi connectivity index (χ1v) is 9.17. The van der Waals surface area contributed by atoms with Gasteiger partial charge in [-0.15, -0.1) is 0 Å². The lowest BCUT2D eigenvalue weighted by atomic mass is 10.1. The maximum Gasteiger partial charge on any atom is 0.256 e. The van der Waals surface area contributed by atoms with E-state index in [2.05, 4.69) is 10.4 Å². The molecule has 3 aromatic rings. The number of nitrogens with one attached hydrogen (secondary N) is 1. The van der Waals surface area contributed by atoms with E-state index >= 15 is 0 Å². The minimum atomic E-state index is -2.24. The monoisotopic (exact) mass is 455 g/mol. The van der Waals surface area contributed by atoms with Gasteiger partial charge in [-0.1, -0.05) is 0 Å². The third-order valence-corrected chi connectivity index (χ3v) is 4.84. The number of aryl methyl sites for hydroxylation is 1. The average Bonchev–Trinajstić information content (AvgIpc) is 3.05. The van der Waals surface area contributed by atoms with E-state index in [9.17, 15) is 26.7 Å². The van der Waals surface area contributed by atoms with Gasteiger partial charge in [-0.3, -0.25) is 9.48 Å². The number of carbonyl (C=O) groups is 1. The van der Waals surface area contributed by atoms with Gasteiger partial charge >= 0.3 is 0 Å². The summed E-state index contributed by atoms with van der Waals surface area (Å²) in [6.45, 7) is 2.26. The first-order valence-electron chi connectivity index (χ1n) is 9.17. The van der Waals surface area contributed by atoms with Crippen molar-refractivity contribution in [3.05, 3.63) is 69.8 Å². The van der Waals surface area contributed by atoms with Gasteiger partial charge in [0.2, 0.25) is 5.82 Å². The maximum absolute atomic E-state index is 14.0. The van der Waals surface area contributed by atoms with Crippen LogP contribution in [-0.2, 0) is 6.54 Å². The van der Waals surface area contributed by atoms with Gasteiger partial charge in [-0.05, 0) is 26.0 Å². The Morgan fingerprint density at radius 1 is 0.906 bits per heavy atom. The van der Waals surface area contributed by atoms with E-state index in [0.29, 0.717) is 11.5 Å². The van der Waals surface area contributed by atoms with Crippen molar-refractivity contribution in [2.24, 2.45) is 0 Å². The molecule has 0 bridgehead atoms. The fourth-order valence-corrected chi connectivity index (χ4v) is 3.09. The highest BCUT2D eigenvalue weighted by Gasteiger charge is 2.27. The Balaban J connectivity index is 1.94. The van der Waals surface area contributed by atoms with E-state index in [0.717, 1.165) is 4.68 Å². The van der Waals surface area contributed by atoms with Gasteiger partial charge in [-0.2, -0.15) is 5.10 Å². The molecule has 0 saturated carbocycles. The Morgan fingerprint density at radius 3 is 1.91 bits per heavy atom. The van der Waals surface area contributed by atoms with E-state index < -0.39 is 47.1 Å². The topological polar surface area (TPSA) is 65.4 Å². The second-order valence-corrected chi connectivity index (χ2v) is 6.81. The number of carbonyl (C=O) groups excluding carboxylic acids is 1. The molecule has 1 amide bonds. The van der Waals surface area contributed by atoms with Crippen molar-refractivity contribution < 1.29 is 36.2 Å². The molecule has 0 aliphatic heterocycles. The average molecular weight is 455 g/mol. The summed E-state index contributed by atoms with van der Waals surface area (Å²) in [4.78, 5) is 12.7. The highest BCUT2D eigenvalue weighted by atomic mass is 19.2. The number of aromatic nitrogens is 2. The maximum atomic E-state index is 14.0. The number of ether oxygens (including phenoxy) is 2. The van der Waals surface area contributed by atoms with Crippen molar-refractivity contribution in [2.75, 3.05) is 19.5 Å². The number of methoxy groups -OCH3 is 2. The molecule has 0 aliphatic rings. The van der Waals surface area contributed by atoms with Crippen LogP contribution in [0.2, 0.25) is 0 Å². The van der Waals surface area contributed by atoms with E-state index in [1.807, 2.05) is 0 Å². The molecule has 0 saturated heterocycles. The van der Waals surface area contributed by atoms with Crippen LogP contribution < -0.4 is 14.8 Å². The van der Waals surface area contributed by atoms with E-state index in [1.165, 1.54) is 40.2 Å². The van der Waals surface area contributed by atoms with Crippen LogP contribution in [0.1, 0.15) is 27.3 Å². The molecular formula is C21H18F5N3O3. The number of benzene rings is 2. The third kappa shape index (κ3) is 4.10. The summed E-state index contributed by atoms with van der Waals surface area (Å²) in [5.41, 5.74) is -0.0974. The number of nitrogens with zero attached hydrogens (tertiary/aromatic N) is 2. The lowest BCUT2D eigenvalue weighted by Gasteiger charge is -2.11. The summed E-state index contributed by atoms with van der Waals surface area (Å²) in [5.74, 6) is -9.99. The molecule has 11 heteroatoms. The van der Waals surface area contributed by atoms with E-state index in [4.69, 9.17) is 9.47 Å². The van der Waals surface area contributed by atoms with Crippen molar-refractivity contribution in [2.45, 2.75) is 20.4 Å². The van der Waals surface area contributed by atoms with E-state index in [-0.39, 0.29) is 22.6 Å². The quantitative estimate of drug-likeness (QED) is 0.338. The molecule has 0 spiro atoms. The van der Waals surface area contributed by atoms with Gasteiger partial charge in [0.25, 0.3) is 5.91 Å². The molecule has 1 N–H and O–H groups in total. The zero-order valence-electron chi connectivity index (χ0n) is 17.4. The molecule has 1 aromatic heterocycles. The summed E-state index contributed by atoms with van der Waals surface area (Å²) >= 11 is 0. The third-order valence-electron chi connectivity index (χ3n) is 4.84. The molecule has 32 heavy (non-hydrogen) atoms. The second kappa shape index (κ2) is 8.85. The molecule has 0 unspecified atom stereocenters. The van der Waals surface area contributed by atoms with Gasteiger partial charge in [0.1, 0.15) is 11.5 Å². The van der Waals surface area contributed by atoms with Crippen LogP contribution in [-0.4, -0.2) is 29.9 Å². The molecule has 0 fully saturated rings.